The zero-order valence-electron chi connectivity index (χ0n) is 10.9. The minimum absolute atomic E-state index is 0.222. The first-order chi connectivity index (χ1) is 8.81. The maximum Gasteiger partial charge on any atom is 0.242 e. The molecule has 1 aromatic rings. The fourth-order valence-electron chi connectivity index (χ4n) is 1.69. The van der Waals surface area contributed by atoms with Crippen LogP contribution in [0.1, 0.15) is 25.3 Å². The molecule has 1 rings (SSSR count). The molecule has 4 nitrogen and oxygen atoms in total. The molecule has 0 aliphatic carbocycles. The average molecular weight is 414 g/mol. The number of rotatable bonds is 6. The van der Waals surface area contributed by atoms with Crippen molar-refractivity contribution < 1.29 is 8.42 Å². The van der Waals surface area contributed by atoms with E-state index in [1.54, 1.807) is 12.1 Å². The molecule has 0 fully saturated rings. The van der Waals surface area contributed by atoms with Crippen LogP contribution in [0.2, 0.25) is 0 Å². The normalized spacial score (nSPS) is 13.5. The van der Waals surface area contributed by atoms with E-state index in [4.69, 9.17) is 5.73 Å². The van der Waals surface area contributed by atoms with Crippen LogP contribution in [0.3, 0.4) is 0 Å². The van der Waals surface area contributed by atoms with E-state index < -0.39 is 10.0 Å². The molecule has 0 aliphatic heterocycles. The van der Waals surface area contributed by atoms with Crippen molar-refractivity contribution in [1.29, 1.82) is 0 Å². The van der Waals surface area contributed by atoms with Gasteiger partial charge in [-0.25, -0.2) is 13.1 Å². The van der Waals surface area contributed by atoms with Gasteiger partial charge in [-0.15, -0.1) is 0 Å². The zero-order valence-corrected chi connectivity index (χ0v) is 14.9. The van der Waals surface area contributed by atoms with Crippen LogP contribution in [0.4, 0.5) is 0 Å². The van der Waals surface area contributed by atoms with Crippen LogP contribution in [0.15, 0.2) is 26.0 Å². The van der Waals surface area contributed by atoms with E-state index in [0.717, 1.165) is 22.9 Å². The van der Waals surface area contributed by atoms with E-state index in [2.05, 4.69) is 36.6 Å². The van der Waals surface area contributed by atoms with Crippen molar-refractivity contribution in [3.63, 3.8) is 0 Å². The average Bonchev–Trinajstić information content (AvgIpc) is 2.32. The molecule has 0 spiro atoms. The van der Waals surface area contributed by atoms with Crippen molar-refractivity contribution in [3.8, 4) is 0 Å². The van der Waals surface area contributed by atoms with Crippen LogP contribution in [-0.4, -0.2) is 21.0 Å². The standard InChI is InChI=1S/C12H18Br2N2O2S/c1-3-4-9(7-15)16-19(17,18)12-6-10(13)8(2)5-11(12)14/h5-6,9,16H,3-4,7,15H2,1-2H3. The van der Waals surface area contributed by atoms with Gasteiger partial charge in [0.05, 0.1) is 4.90 Å². The Kier molecular flexibility index (Phi) is 6.46. The Bertz CT molecular complexity index is 547. The summed E-state index contributed by atoms with van der Waals surface area (Å²) in [4.78, 5) is 0.222. The zero-order chi connectivity index (χ0) is 14.6. The van der Waals surface area contributed by atoms with E-state index in [-0.39, 0.29) is 17.5 Å². The van der Waals surface area contributed by atoms with Crippen molar-refractivity contribution in [2.75, 3.05) is 6.54 Å². The van der Waals surface area contributed by atoms with Gasteiger partial charge in [-0.1, -0.05) is 29.3 Å². The molecular formula is C12H18Br2N2O2S. The first-order valence-corrected chi connectivity index (χ1v) is 9.06. The van der Waals surface area contributed by atoms with Gasteiger partial charge >= 0.3 is 0 Å². The lowest BCUT2D eigenvalue weighted by Gasteiger charge is -2.17. The number of halogens is 2. The minimum Gasteiger partial charge on any atom is -0.329 e. The fourth-order valence-corrected chi connectivity index (χ4v) is 4.65. The number of hydrogen-bond acceptors (Lipinski definition) is 3. The highest BCUT2D eigenvalue weighted by Gasteiger charge is 2.22. The lowest BCUT2D eigenvalue weighted by atomic mass is 10.2. The second kappa shape index (κ2) is 7.17. The highest BCUT2D eigenvalue weighted by molar-refractivity contribution is 9.11. The van der Waals surface area contributed by atoms with Crippen LogP contribution < -0.4 is 10.5 Å². The van der Waals surface area contributed by atoms with E-state index in [9.17, 15) is 8.42 Å². The van der Waals surface area contributed by atoms with Gasteiger partial charge in [0.25, 0.3) is 0 Å². The lowest BCUT2D eigenvalue weighted by molar-refractivity contribution is 0.527. The summed E-state index contributed by atoms with van der Waals surface area (Å²) in [7, 11) is -3.57. The third-order valence-corrected chi connectivity index (χ3v) is 6.08. The molecule has 0 aliphatic rings. The molecule has 0 saturated carbocycles. The quantitative estimate of drug-likeness (QED) is 0.752. The lowest BCUT2D eigenvalue weighted by Crippen LogP contribution is -2.40. The summed E-state index contributed by atoms with van der Waals surface area (Å²) in [6, 6.07) is 3.14. The number of hydrogen-bond donors (Lipinski definition) is 2. The van der Waals surface area contributed by atoms with Crippen LogP contribution in [0.25, 0.3) is 0 Å². The molecule has 0 heterocycles. The molecule has 3 N–H and O–H groups in total. The third-order valence-electron chi connectivity index (χ3n) is 2.75. The van der Waals surface area contributed by atoms with Gasteiger partial charge in [-0.2, -0.15) is 0 Å². The van der Waals surface area contributed by atoms with E-state index >= 15 is 0 Å². The molecule has 7 heteroatoms. The SMILES string of the molecule is CCCC(CN)NS(=O)(=O)c1cc(Br)c(C)cc1Br. The Morgan fingerprint density at radius 1 is 1.32 bits per heavy atom. The Morgan fingerprint density at radius 2 is 1.95 bits per heavy atom. The first-order valence-electron chi connectivity index (χ1n) is 5.99. The number of aryl methyl sites for hydroxylation is 1. The molecule has 1 atom stereocenters. The molecule has 0 aromatic heterocycles. The molecule has 19 heavy (non-hydrogen) atoms. The predicted molar refractivity (Wildman–Crippen MR) is 84.7 cm³/mol. The molecule has 0 radical (unpaired) electrons. The highest BCUT2D eigenvalue weighted by atomic mass is 79.9. The summed E-state index contributed by atoms with van der Waals surface area (Å²) in [6.07, 6.45) is 1.60. The van der Waals surface area contributed by atoms with Crippen molar-refractivity contribution in [1.82, 2.24) is 4.72 Å². The fraction of sp³-hybridized carbons (Fsp3) is 0.500. The van der Waals surface area contributed by atoms with Gasteiger partial charge < -0.3 is 5.73 Å². The molecular weight excluding hydrogens is 396 g/mol. The monoisotopic (exact) mass is 412 g/mol. The number of nitrogens with two attached hydrogens (primary N) is 1. The Balaban J connectivity index is 3.10. The molecule has 0 saturated heterocycles. The summed E-state index contributed by atoms with van der Waals surface area (Å²) in [5.74, 6) is 0. The van der Waals surface area contributed by atoms with Crippen molar-refractivity contribution in [3.05, 3.63) is 26.6 Å². The Hall–Kier alpha value is 0.0500. The van der Waals surface area contributed by atoms with Gasteiger partial charge in [0.2, 0.25) is 10.0 Å². The maximum absolute atomic E-state index is 12.3. The van der Waals surface area contributed by atoms with Gasteiger partial charge in [-0.05, 0) is 47.0 Å². The third kappa shape index (κ3) is 4.53. The highest BCUT2D eigenvalue weighted by Crippen LogP contribution is 2.28. The first kappa shape index (κ1) is 17.1. The second-order valence-corrected chi connectivity index (χ2v) is 7.77. The van der Waals surface area contributed by atoms with Gasteiger partial charge in [0.15, 0.2) is 0 Å². The smallest absolute Gasteiger partial charge is 0.242 e. The van der Waals surface area contributed by atoms with Crippen molar-refractivity contribution >= 4 is 41.9 Å². The maximum atomic E-state index is 12.3. The number of benzene rings is 1. The van der Waals surface area contributed by atoms with E-state index in [1.807, 2.05) is 13.8 Å². The van der Waals surface area contributed by atoms with E-state index in [0.29, 0.717) is 4.47 Å². The summed E-state index contributed by atoms with van der Waals surface area (Å²) >= 11 is 6.65. The van der Waals surface area contributed by atoms with Crippen molar-refractivity contribution in [2.45, 2.75) is 37.6 Å². The Morgan fingerprint density at radius 3 is 2.47 bits per heavy atom. The number of nitrogens with one attached hydrogen (secondary N) is 1. The summed E-state index contributed by atoms with van der Waals surface area (Å²) in [6.45, 7) is 4.19. The summed E-state index contributed by atoms with van der Waals surface area (Å²) in [5.41, 5.74) is 6.56. The second-order valence-electron chi connectivity index (χ2n) is 4.37. The molecule has 1 unspecified atom stereocenters. The topological polar surface area (TPSA) is 72.2 Å². The largest absolute Gasteiger partial charge is 0.329 e. The number of sulfonamides is 1. The molecule has 108 valence electrons. The van der Waals surface area contributed by atoms with Gasteiger partial charge in [0.1, 0.15) is 0 Å². The van der Waals surface area contributed by atoms with Gasteiger partial charge in [0, 0.05) is 21.5 Å². The van der Waals surface area contributed by atoms with Crippen LogP contribution >= 0.6 is 31.9 Å². The minimum atomic E-state index is -3.57. The predicted octanol–water partition coefficient (Wildman–Crippen LogP) is 2.93. The summed E-state index contributed by atoms with van der Waals surface area (Å²) < 4.78 is 28.6. The molecule has 0 bridgehead atoms. The van der Waals surface area contributed by atoms with Crippen LogP contribution in [-0.2, 0) is 10.0 Å². The van der Waals surface area contributed by atoms with Gasteiger partial charge in [-0.3, -0.25) is 0 Å². The van der Waals surface area contributed by atoms with Crippen LogP contribution in [0, 0.1) is 6.92 Å². The summed E-state index contributed by atoms with van der Waals surface area (Å²) in [5, 5.41) is 0. The van der Waals surface area contributed by atoms with Crippen molar-refractivity contribution in [2.24, 2.45) is 5.73 Å². The Labute approximate surface area is 131 Å². The van der Waals surface area contributed by atoms with E-state index in [1.165, 1.54) is 0 Å². The molecule has 1 aromatic carbocycles. The molecule has 0 amide bonds. The van der Waals surface area contributed by atoms with Crippen LogP contribution in [0.5, 0.6) is 0 Å².